The van der Waals surface area contributed by atoms with Gasteiger partial charge in [-0.3, -0.25) is 0 Å². The van der Waals surface area contributed by atoms with Crippen molar-refractivity contribution in [1.29, 1.82) is 0 Å². The van der Waals surface area contributed by atoms with E-state index in [1.807, 2.05) is 12.1 Å². The van der Waals surface area contributed by atoms with Crippen molar-refractivity contribution in [3.63, 3.8) is 0 Å². The van der Waals surface area contributed by atoms with Crippen LogP contribution < -0.4 is 10.5 Å². The Hall–Kier alpha value is -1.55. The van der Waals surface area contributed by atoms with Gasteiger partial charge in [0, 0.05) is 21.8 Å². The molecule has 0 bridgehead atoms. The second-order valence-electron chi connectivity index (χ2n) is 3.60. The number of ether oxygens (including phenoxy) is 1. The van der Waals surface area contributed by atoms with E-state index in [0.717, 1.165) is 10.0 Å². The van der Waals surface area contributed by atoms with Gasteiger partial charge in [-0.25, -0.2) is 4.39 Å². The summed E-state index contributed by atoms with van der Waals surface area (Å²) in [6.07, 6.45) is 0. The average molecular weight is 296 g/mol. The number of anilines is 1. The highest BCUT2D eigenvalue weighted by Crippen LogP contribution is 2.22. The molecule has 2 N–H and O–H groups in total. The second kappa shape index (κ2) is 5.19. The van der Waals surface area contributed by atoms with Crippen LogP contribution in [0.4, 0.5) is 10.1 Å². The maximum atomic E-state index is 12.9. The summed E-state index contributed by atoms with van der Waals surface area (Å²) in [5.41, 5.74) is 7.28. The predicted molar refractivity (Wildman–Crippen MR) is 69.3 cm³/mol. The zero-order valence-electron chi connectivity index (χ0n) is 8.99. The summed E-state index contributed by atoms with van der Waals surface area (Å²) in [6.45, 7) is 0.365. The molecule has 2 aromatic carbocycles. The number of nitrogens with two attached hydrogens (primary N) is 1. The minimum Gasteiger partial charge on any atom is -0.489 e. The van der Waals surface area contributed by atoms with Crippen LogP contribution in [-0.2, 0) is 6.61 Å². The van der Waals surface area contributed by atoms with Crippen LogP contribution in [0.2, 0.25) is 0 Å². The topological polar surface area (TPSA) is 35.2 Å². The number of halogens is 2. The van der Waals surface area contributed by atoms with E-state index in [1.165, 1.54) is 12.1 Å². The molecule has 0 aliphatic heterocycles. The van der Waals surface area contributed by atoms with E-state index in [2.05, 4.69) is 15.9 Å². The first-order valence-corrected chi connectivity index (χ1v) is 5.87. The minimum absolute atomic E-state index is 0.307. The van der Waals surface area contributed by atoms with E-state index in [4.69, 9.17) is 10.5 Å². The third kappa shape index (κ3) is 3.20. The Morgan fingerprint density at radius 3 is 2.71 bits per heavy atom. The highest BCUT2D eigenvalue weighted by molar-refractivity contribution is 9.10. The smallest absolute Gasteiger partial charge is 0.126 e. The average Bonchev–Trinajstić information content (AvgIpc) is 2.28. The predicted octanol–water partition coefficient (Wildman–Crippen LogP) is 3.75. The SMILES string of the molecule is Nc1ccc(COc2cccc(F)c2)c(Br)c1. The van der Waals surface area contributed by atoms with Crippen LogP contribution in [0.5, 0.6) is 5.75 Å². The summed E-state index contributed by atoms with van der Waals surface area (Å²) in [7, 11) is 0. The number of hydrogen-bond donors (Lipinski definition) is 1. The second-order valence-corrected chi connectivity index (χ2v) is 4.45. The monoisotopic (exact) mass is 295 g/mol. The Morgan fingerprint density at radius 2 is 2.00 bits per heavy atom. The molecule has 0 fully saturated rings. The molecule has 0 saturated carbocycles. The van der Waals surface area contributed by atoms with Gasteiger partial charge >= 0.3 is 0 Å². The Bertz CT molecular complexity index is 531. The molecule has 0 aliphatic rings. The highest BCUT2D eigenvalue weighted by Gasteiger charge is 2.02. The molecule has 0 amide bonds. The molecule has 0 aromatic heterocycles. The van der Waals surface area contributed by atoms with E-state index in [9.17, 15) is 4.39 Å². The van der Waals surface area contributed by atoms with Crippen LogP contribution in [0, 0.1) is 5.82 Å². The summed E-state index contributed by atoms with van der Waals surface area (Å²) in [4.78, 5) is 0. The van der Waals surface area contributed by atoms with Crippen molar-refractivity contribution in [2.45, 2.75) is 6.61 Å². The van der Waals surface area contributed by atoms with Crippen LogP contribution in [0.15, 0.2) is 46.9 Å². The quantitative estimate of drug-likeness (QED) is 0.875. The summed E-state index contributed by atoms with van der Waals surface area (Å²) >= 11 is 3.40. The van der Waals surface area contributed by atoms with Gasteiger partial charge in [-0.15, -0.1) is 0 Å². The van der Waals surface area contributed by atoms with Crippen molar-refractivity contribution in [2.75, 3.05) is 5.73 Å². The lowest BCUT2D eigenvalue weighted by Crippen LogP contribution is -1.97. The third-order valence-corrected chi connectivity index (χ3v) is 3.01. The molecule has 0 heterocycles. The lowest BCUT2D eigenvalue weighted by atomic mass is 10.2. The molecule has 2 nitrogen and oxygen atoms in total. The number of nitrogen functional groups attached to an aromatic ring is 1. The van der Waals surface area contributed by atoms with Crippen molar-refractivity contribution < 1.29 is 9.13 Å². The minimum atomic E-state index is -0.307. The van der Waals surface area contributed by atoms with Gasteiger partial charge in [0.15, 0.2) is 0 Å². The molecule has 0 unspecified atom stereocenters. The first-order chi connectivity index (χ1) is 8.15. The lowest BCUT2D eigenvalue weighted by Gasteiger charge is -2.08. The molecule has 0 saturated heterocycles. The van der Waals surface area contributed by atoms with E-state index < -0.39 is 0 Å². The molecule has 0 aliphatic carbocycles. The summed E-state index contributed by atoms with van der Waals surface area (Å²) in [5.74, 6) is 0.201. The number of rotatable bonds is 3. The fourth-order valence-electron chi connectivity index (χ4n) is 1.40. The van der Waals surface area contributed by atoms with Gasteiger partial charge in [0.05, 0.1) is 0 Å². The Balaban J connectivity index is 2.07. The standard InChI is InChI=1S/C13H11BrFNO/c14-13-7-11(16)5-4-9(13)8-17-12-3-1-2-10(15)6-12/h1-7H,8,16H2. The number of benzene rings is 2. The first kappa shape index (κ1) is 11.9. The molecule has 0 atom stereocenters. The van der Waals surface area contributed by atoms with E-state index in [0.29, 0.717) is 18.0 Å². The van der Waals surface area contributed by atoms with E-state index >= 15 is 0 Å². The molecule has 0 radical (unpaired) electrons. The van der Waals surface area contributed by atoms with Crippen LogP contribution in [0.3, 0.4) is 0 Å². The van der Waals surface area contributed by atoms with Crippen molar-refractivity contribution >= 4 is 21.6 Å². The fourth-order valence-corrected chi connectivity index (χ4v) is 1.91. The molecule has 0 spiro atoms. The zero-order chi connectivity index (χ0) is 12.3. The maximum Gasteiger partial charge on any atom is 0.126 e. The van der Waals surface area contributed by atoms with Crippen LogP contribution in [0.25, 0.3) is 0 Å². The lowest BCUT2D eigenvalue weighted by molar-refractivity contribution is 0.304. The zero-order valence-corrected chi connectivity index (χ0v) is 10.6. The van der Waals surface area contributed by atoms with Gasteiger partial charge in [0.25, 0.3) is 0 Å². The molecular weight excluding hydrogens is 285 g/mol. The summed E-state index contributed by atoms with van der Waals surface area (Å²) in [6, 6.07) is 11.5. The van der Waals surface area contributed by atoms with Crippen LogP contribution in [0.1, 0.15) is 5.56 Å². The molecule has 88 valence electrons. The van der Waals surface area contributed by atoms with E-state index in [1.54, 1.807) is 18.2 Å². The van der Waals surface area contributed by atoms with Crippen LogP contribution in [-0.4, -0.2) is 0 Å². The number of hydrogen-bond acceptors (Lipinski definition) is 2. The van der Waals surface area contributed by atoms with Crippen molar-refractivity contribution in [2.24, 2.45) is 0 Å². The fraction of sp³-hybridized carbons (Fsp3) is 0.0769. The third-order valence-electron chi connectivity index (χ3n) is 2.27. The van der Waals surface area contributed by atoms with Gasteiger partial charge in [-0.2, -0.15) is 0 Å². The van der Waals surface area contributed by atoms with Gasteiger partial charge in [0.2, 0.25) is 0 Å². The first-order valence-electron chi connectivity index (χ1n) is 5.07. The van der Waals surface area contributed by atoms with Gasteiger partial charge in [0.1, 0.15) is 18.2 Å². The Kier molecular flexibility index (Phi) is 3.64. The Labute approximate surface area is 107 Å². The van der Waals surface area contributed by atoms with Gasteiger partial charge < -0.3 is 10.5 Å². The molecule has 4 heteroatoms. The van der Waals surface area contributed by atoms with Gasteiger partial charge in [-0.1, -0.05) is 28.1 Å². The Morgan fingerprint density at radius 1 is 1.18 bits per heavy atom. The molecular formula is C13H11BrFNO. The molecule has 2 rings (SSSR count). The van der Waals surface area contributed by atoms with Crippen molar-refractivity contribution in [1.82, 2.24) is 0 Å². The van der Waals surface area contributed by atoms with Gasteiger partial charge in [-0.05, 0) is 24.3 Å². The van der Waals surface area contributed by atoms with Crippen LogP contribution >= 0.6 is 15.9 Å². The molecule has 17 heavy (non-hydrogen) atoms. The van der Waals surface area contributed by atoms with Crippen molar-refractivity contribution in [3.8, 4) is 5.75 Å². The summed E-state index contributed by atoms with van der Waals surface area (Å²) in [5, 5.41) is 0. The highest BCUT2D eigenvalue weighted by atomic mass is 79.9. The maximum absolute atomic E-state index is 12.9. The summed E-state index contributed by atoms with van der Waals surface area (Å²) < 4.78 is 19.3. The van der Waals surface area contributed by atoms with E-state index in [-0.39, 0.29) is 5.82 Å². The largest absolute Gasteiger partial charge is 0.489 e. The normalized spacial score (nSPS) is 10.2. The molecule has 2 aromatic rings. The van der Waals surface area contributed by atoms with Crippen molar-refractivity contribution in [3.05, 3.63) is 58.3 Å².